The number of thiophene rings is 2. The number of benzene rings is 1. The molecular formula is C22H22N2O3S2. The minimum Gasteiger partial charge on any atom is -0.490 e. The van der Waals surface area contributed by atoms with Crippen LogP contribution in [-0.2, 0) is 11.2 Å². The van der Waals surface area contributed by atoms with Crippen LogP contribution in [0.15, 0.2) is 47.2 Å². The predicted molar refractivity (Wildman–Crippen MR) is 116 cm³/mol. The van der Waals surface area contributed by atoms with Crippen molar-refractivity contribution in [1.82, 2.24) is 4.90 Å². The number of anilines is 1. The molecule has 29 heavy (non-hydrogen) atoms. The van der Waals surface area contributed by atoms with Crippen LogP contribution in [0.5, 0.6) is 11.5 Å². The lowest BCUT2D eigenvalue weighted by atomic mass is 9.98. The summed E-state index contributed by atoms with van der Waals surface area (Å²) in [5.41, 5.74) is 2.08. The first-order valence-corrected chi connectivity index (χ1v) is 11.6. The van der Waals surface area contributed by atoms with Crippen molar-refractivity contribution in [2.75, 3.05) is 31.6 Å². The SMILES string of the molecule is O=C(CN1CCc2sccc2[C@@H]1c1cccs1)Nc1ccc2c(c1)OCCCO2. The topological polar surface area (TPSA) is 50.8 Å². The smallest absolute Gasteiger partial charge is 0.238 e. The Morgan fingerprint density at radius 1 is 1.10 bits per heavy atom. The van der Waals surface area contributed by atoms with E-state index in [0.29, 0.717) is 25.5 Å². The number of hydrogen-bond acceptors (Lipinski definition) is 6. The number of rotatable bonds is 4. The molecule has 2 aromatic heterocycles. The largest absolute Gasteiger partial charge is 0.490 e. The van der Waals surface area contributed by atoms with E-state index in [0.717, 1.165) is 30.8 Å². The molecule has 5 rings (SSSR count). The van der Waals surface area contributed by atoms with Gasteiger partial charge in [0.05, 0.1) is 25.8 Å². The summed E-state index contributed by atoms with van der Waals surface area (Å²) in [5.74, 6) is 1.41. The summed E-state index contributed by atoms with van der Waals surface area (Å²) in [7, 11) is 0. The molecule has 0 saturated heterocycles. The Hall–Kier alpha value is -2.35. The number of ether oxygens (including phenoxy) is 2. The molecule has 0 unspecified atom stereocenters. The molecule has 4 heterocycles. The summed E-state index contributed by atoms with van der Waals surface area (Å²) in [4.78, 5) is 17.9. The highest BCUT2D eigenvalue weighted by Gasteiger charge is 2.31. The van der Waals surface area contributed by atoms with Crippen LogP contribution < -0.4 is 14.8 Å². The molecule has 7 heteroatoms. The van der Waals surface area contributed by atoms with Crippen molar-refractivity contribution in [3.63, 3.8) is 0 Å². The van der Waals surface area contributed by atoms with Crippen molar-refractivity contribution in [2.45, 2.75) is 18.9 Å². The Kier molecular flexibility index (Phi) is 5.26. The summed E-state index contributed by atoms with van der Waals surface area (Å²) >= 11 is 3.57. The minimum atomic E-state index is -0.0141. The second-order valence-electron chi connectivity index (χ2n) is 7.20. The standard InChI is InChI=1S/C22H22N2O3S2/c25-21(23-15-4-5-17-18(13-15)27-10-2-9-26-17)14-24-8-6-19-16(7-12-29-19)22(24)20-3-1-11-28-20/h1,3-5,7,11-13,22H,2,6,8-10,14H2,(H,23,25)/t22-/m1/s1. The van der Waals surface area contributed by atoms with Gasteiger partial charge in [-0.3, -0.25) is 9.69 Å². The van der Waals surface area contributed by atoms with E-state index < -0.39 is 0 Å². The molecule has 2 aliphatic rings. The van der Waals surface area contributed by atoms with E-state index in [1.165, 1.54) is 15.3 Å². The van der Waals surface area contributed by atoms with Gasteiger partial charge in [0.25, 0.3) is 0 Å². The summed E-state index contributed by atoms with van der Waals surface area (Å²) in [6.07, 6.45) is 1.85. The van der Waals surface area contributed by atoms with Crippen molar-refractivity contribution < 1.29 is 14.3 Å². The highest BCUT2D eigenvalue weighted by atomic mass is 32.1. The first-order chi connectivity index (χ1) is 14.3. The van der Waals surface area contributed by atoms with Crippen LogP contribution in [0.3, 0.4) is 0 Å². The molecule has 5 nitrogen and oxygen atoms in total. The van der Waals surface area contributed by atoms with Crippen molar-refractivity contribution >= 4 is 34.3 Å². The third-order valence-electron chi connectivity index (χ3n) is 5.26. The molecule has 1 aromatic carbocycles. The normalized spacial score (nSPS) is 18.7. The van der Waals surface area contributed by atoms with Gasteiger partial charge in [0, 0.05) is 34.5 Å². The van der Waals surface area contributed by atoms with Gasteiger partial charge in [-0.2, -0.15) is 0 Å². The van der Waals surface area contributed by atoms with Crippen LogP contribution in [-0.4, -0.2) is 37.1 Å². The van der Waals surface area contributed by atoms with Crippen LogP contribution in [0.4, 0.5) is 5.69 Å². The Morgan fingerprint density at radius 2 is 2.00 bits per heavy atom. The monoisotopic (exact) mass is 426 g/mol. The molecule has 150 valence electrons. The number of amides is 1. The van der Waals surface area contributed by atoms with E-state index >= 15 is 0 Å². The number of nitrogens with zero attached hydrogens (tertiary/aromatic N) is 1. The highest BCUT2D eigenvalue weighted by Crippen LogP contribution is 2.39. The van der Waals surface area contributed by atoms with Crippen LogP contribution in [0, 0.1) is 0 Å². The number of hydrogen-bond donors (Lipinski definition) is 1. The Labute approximate surface area is 177 Å². The Morgan fingerprint density at radius 3 is 2.86 bits per heavy atom. The van der Waals surface area contributed by atoms with Crippen molar-refractivity contribution in [1.29, 1.82) is 0 Å². The molecule has 0 saturated carbocycles. The summed E-state index contributed by atoms with van der Waals surface area (Å²) in [6, 6.07) is 12.2. The molecule has 1 atom stereocenters. The third-order valence-corrected chi connectivity index (χ3v) is 7.18. The maximum Gasteiger partial charge on any atom is 0.238 e. The van der Waals surface area contributed by atoms with Gasteiger partial charge in [-0.25, -0.2) is 0 Å². The first kappa shape index (κ1) is 18.7. The zero-order valence-corrected chi connectivity index (χ0v) is 17.6. The van der Waals surface area contributed by atoms with Gasteiger partial charge in [-0.1, -0.05) is 6.07 Å². The summed E-state index contributed by atoms with van der Waals surface area (Å²) < 4.78 is 11.4. The van der Waals surface area contributed by atoms with E-state index in [1.807, 2.05) is 29.5 Å². The molecule has 1 N–H and O–H groups in total. The van der Waals surface area contributed by atoms with E-state index in [1.54, 1.807) is 11.3 Å². The van der Waals surface area contributed by atoms with Gasteiger partial charge in [-0.15, -0.1) is 22.7 Å². The zero-order chi connectivity index (χ0) is 19.6. The fourth-order valence-corrected chi connectivity index (χ4v) is 5.72. The average molecular weight is 427 g/mol. The fourth-order valence-electron chi connectivity index (χ4n) is 3.94. The van der Waals surface area contributed by atoms with Crippen LogP contribution in [0.1, 0.15) is 27.8 Å². The summed E-state index contributed by atoms with van der Waals surface area (Å²) in [6.45, 7) is 2.52. The maximum atomic E-state index is 12.9. The maximum absolute atomic E-state index is 12.9. The third kappa shape index (κ3) is 3.90. The molecule has 0 aliphatic carbocycles. The molecule has 0 spiro atoms. The second-order valence-corrected chi connectivity index (χ2v) is 9.18. The number of carbonyl (C=O) groups excluding carboxylic acids is 1. The van der Waals surface area contributed by atoms with Gasteiger partial charge < -0.3 is 14.8 Å². The molecular weight excluding hydrogens is 404 g/mol. The van der Waals surface area contributed by atoms with Gasteiger partial charge in [-0.05, 0) is 47.0 Å². The lowest BCUT2D eigenvalue weighted by molar-refractivity contribution is -0.117. The van der Waals surface area contributed by atoms with Gasteiger partial charge in [0.1, 0.15) is 0 Å². The van der Waals surface area contributed by atoms with Crippen LogP contribution in [0.25, 0.3) is 0 Å². The summed E-state index contributed by atoms with van der Waals surface area (Å²) in [5, 5.41) is 7.30. The van der Waals surface area contributed by atoms with E-state index in [9.17, 15) is 4.79 Å². The number of nitrogens with one attached hydrogen (secondary N) is 1. The second kappa shape index (κ2) is 8.18. The molecule has 3 aromatic rings. The van der Waals surface area contributed by atoms with Crippen molar-refractivity contribution in [3.05, 3.63) is 62.5 Å². The van der Waals surface area contributed by atoms with Gasteiger partial charge >= 0.3 is 0 Å². The highest BCUT2D eigenvalue weighted by molar-refractivity contribution is 7.10. The zero-order valence-electron chi connectivity index (χ0n) is 15.9. The predicted octanol–water partition coefficient (Wildman–Crippen LogP) is 4.56. The van der Waals surface area contributed by atoms with E-state index in [-0.39, 0.29) is 11.9 Å². The molecule has 2 aliphatic heterocycles. The molecule has 1 amide bonds. The van der Waals surface area contributed by atoms with Crippen LogP contribution >= 0.6 is 22.7 Å². The fraction of sp³-hybridized carbons (Fsp3) is 0.318. The average Bonchev–Trinajstić information content (AvgIpc) is 3.36. The lowest BCUT2D eigenvalue weighted by Gasteiger charge is -2.34. The molecule has 0 fully saturated rings. The van der Waals surface area contributed by atoms with Crippen LogP contribution in [0.2, 0.25) is 0 Å². The first-order valence-electron chi connectivity index (χ1n) is 9.81. The van der Waals surface area contributed by atoms with Gasteiger partial charge in [0.2, 0.25) is 5.91 Å². The van der Waals surface area contributed by atoms with E-state index in [4.69, 9.17) is 9.47 Å². The van der Waals surface area contributed by atoms with Crippen molar-refractivity contribution in [3.8, 4) is 11.5 Å². The van der Waals surface area contributed by atoms with E-state index in [2.05, 4.69) is 39.2 Å². The van der Waals surface area contributed by atoms with Crippen molar-refractivity contribution in [2.24, 2.45) is 0 Å². The number of fused-ring (bicyclic) bond motifs is 2. The quantitative estimate of drug-likeness (QED) is 0.665. The minimum absolute atomic E-state index is 0.0141. The molecule has 0 bridgehead atoms. The Balaban J connectivity index is 1.32. The lowest BCUT2D eigenvalue weighted by Crippen LogP contribution is -2.40. The Bertz CT molecular complexity index is 999. The molecule has 0 radical (unpaired) electrons. The number of carbonyl (C=O) groups is 1. The van der Waals surface area contributed by atoms with Gasteiger partial charge in [0.15, 0.2) is 11.5 Å².